The van der Waals surface area contributed by atoms with Crippen LogP contribution in [-0.2, 0) is 24.5 Å². The molecular formula is C5H8AgO. The van der Waals surface area contributed by atoms with Gasteiger partial charge >= 0.3 is 52.8 Å². The van der Waals surface area contributed by atoms with E-state index in [0.717, 1.165) is 0 Å². The summed E-state index contributed by atoms with van der Waals surface area (Å²) in [6, 6.07) is 0. The van der Waals surface area contributed by atoms with Crippen LogP contribution in [0.5, 0.6) is 0 Å². The van der Waals surface area contributed by atoms with E-state index in [2.05, 4.69) is 6.58 Å². The van der Waals surface area contributed by atoms with Gasteiger partial charge in [-0.25, -0.2) is 0 Å². The topological polar surface area (TPSA) is 17.1 Å². The third-order valence-corrected chi connectivity index (χ3v) is 1.75. The van der Waals surface area contributed by atoms with Crippen molar-refractivity contribution in [1.82, 2.24) is 0 Å². The summed E-state index contributed by atoms with van der Waals surface area (Å²) in [6.07, 6.45) is 0. The van der Waals surface area contributed by atoms with Gasteiger partial charge in [0.25, 0.3) is 0 Å². The molecule has 0 aliphatic carbocycles. The van der Waals surface area contributed by atoms with Crippen LogP contribution in [0.2, 0.25) is 5.14 Å². The van der Waals surface area contributed by atoms with Gasteiger partial charge in [0.15, 0.2) is 0 Å². The van der Waals surface area contributed by atoms with Crippen molar-refractivity contribution in [3.8, 4) is 0 Å². The van der Waals surface area contributed by atoms with Gasteiger partial charge in [0.05, 0.1) is 0 Å². The number of carbonyl (C=O) groups excluding carboxylic acids is 1. The molecule has 1 nitrogen and oxygen atoms in total. The zero-order valence-electron chi connectivity index (χ0n) is 4.42. The predicted octanol–water partition coefficient (Wildman–Crippen LogP) is 1.22. The Balaban J connectivity index is 3.58. The molecule has 7 heavy (non-hydrogen) atoms. The number of carbonyl (C=O) groups is 1. The second-order valence-corrected chi connectivity index (χ2v) is 2.58. The number of hydrogen-bond acceptors (Lipinski definition) is 1. The van der Waals surface area contributed by atoms with Crippen molar-refractivity contribution in [3.05, 3.63) is 12.2 Å². The molecule has 0 bridgehead atoms. The first kappa shape index (κ1) is 7.15. The molecule has 0 aliphatic heterocycles. The van der Waals surface area contributed by atoms with Gasteiger partial charge in [0.1, 0.15) is 0 Å². The molecule has 0 aromatic rings. The van der Waals surface area contributed by atoms with Crippen molar-refractivity contribution in [2.45, 2.75) is 12.1 Å². The van der Waals surface area contributed by atoms with Crippen molar-refractivity contribution in [2.24, 2.45) is 0 Å². The fourth-order valence-corrected chi connectivity index (χ4v) is 0.761. The van der Waals surface area contributed by atoms with E-state index >= 15 is 0 Å². The first-order chi connectivity index (χ1) is 3.18. The van der Waals surface area contributed by atoms with Gasteiger partial charge in [-0.3, -0.25) is 0 Å². The maximum atomic E-state index is 10.4. The molecule has 0 radical (unpaired) electrons. The Hall–Kier alpha value is 0.150. The maximum absolute atomic E-state index is 10.4. The average Bonchev–Trinajstić information content (AvgIpc) is 1.65. The molecular weight excluding hydrogens is 184 g/mol. The summed E-state index contributed by atoms with van der Waals surface area (Å²) in [4.78, 5) is 10.4. The van der Waals surface area contributed by atoms with Crippen LogP contribution in [-0.4, -0.2) is 4.00 Å². The minimum absolute atomic E-state index is 0.183. The molecule has 0 aromatic heterocycles. The molecule has 2 heteroatoms. The second kappa shape index (κ2) is 3.19. The van der Waals surface area contributed by atoms with E-state index in [1.165, 1.54) is 0 Å². The quantitative estimate of drug-likeness (QED) is 0.474. The van der Waals surface area contributed by atoms with Crippen LogP contribution < -0.4 is 0 Å². The van der Waals surface area contributed by atoms with Crippen molar-refractivity contribution in [3.63, 3.8) is 0 Å². The van der Waals surface area contributed by atoms with Crippen LogP contribution in [0.3, 0.4) is 0 Å². The minimum atomic E-state index is 0.183. The Morgan fingerprint density at radius 1 is 1.71 bits per heavy atom. The third kappa shape index (κ3) is 2.80. The normalized spacial score (nSPS) is 8.86. The van der Waals surface area contributed by atoms with Gasteiger partial charge in [0, 0.05) is 0 Å². The van der Waals surface area contributed by atoms with Gasteiger partial charge in [-0.1, -0.05) is 0 Å². The van der Waals surface area contributed by atoms with Gasteiger partial charge in [0.2, 0.25) is 0 Å². The van der Waals surface area contributed by atoms with Crippen LogP contribution >= 0.6 is 0 Å². The van der Waals surface area contributed by atoms with E-state index in [1.54, 1.807) is 6.92 Å². The van der Waals surface area contributed by atoms with Crippen LogP contribution in [0.15, 0.2) is 12.2 Å². The van der Waals surface area contributed by atoms with Gasteiger partial charge in [-0.2, -0.15) is 0 Å². The van der Waals surface area contributed by atoms with Gasteiger partial charge in [-0.15, -0.1) is 0 Å². The molecule has 0 N–H and O–H groups in total. The van der Waals surface area contributed by atoms with E-state index in [4.69, 9.17) is 0 Å². The summed E-state index contributed by atoms with van der Waals surface area (Å²) >= 11 is 0.357. The Labute approximate surface area is 53.1 Å². The molecule has 0 aromatic carbocycles. The summed E-state index contributed by atoms with van der Waals surface area (Å²) in [6.45, 7) is 5.22. The Bertz CT molecular complexity index is 96.3. The van der Waals surface area contributed by atoms with Gasteiger partial charge in [-0.05, 0) is 0 Å². The first-order valence-corrected chi connectivity index (χ1v) is 3.98. The van der Waals surface area contributed by atoms with Crippen molar-refractivity contribution in [1.29, 1.82) is 0 Å². The summed E-state index contributed by atoms with van der Waals surface area (Å²) < 4.78 is 0.183. The van der Waals surface area contributed by atoms with E-state index in [9.17, 15) is 4.79 Å². The molecule has 0 saturated carbocycles. The summed E-state index contributed by atoms with van der Waals surface area (Å²) in [5.74, 6) is 0. The molecule has 0 heterocycles. The fourth-order valence-electron chi connectivity index (χ4n) is 0.129. The average molecular weight is 192 g/mol. The Kier molecular flexibility index (Phi) is 3.26. The monoisotopic (exact) mass is 191 g/mol. The molecule has 0 amide bonds. The molecule has 0 fully saturated rings. The zero-order chi connectivity index (χ0) is 5.86. The summed E-state index contributed by atoms with van der Waals surface area (Å²) in [5.41, 5.74) is 0.668. The van der Waals surface area contributed by atoms with Crippen molar-refractivity contribution < 1.29 is 24.5 Å². The Morgan fingerprint density at radius 3 is 2.14 bits per heavy atom. The third-order valence-electron chi connectivity index (χ3n) is 0.440. The molecule has 0 atom stereocenters. The fraction of sp³-hybridized carbons (Fsp3) is 0.400. The zero-order valence-corrected chi connectivity index (χ0v) is 5.90. The predicted molar refractivity (Wildman–Crippen MR) is 25.7 cm³/mol. The van der Waals surface area contributed by atoms with Crippen molar-refractivity contribution in [2.75, 3.05) is 0 Å². The molecule has 0 rings (SSSR count). The van der Waals surface area contributed by atoms with E-state index < -0.39 is 0 Å². The molecule has 0 saturated heterocycles. The van der Waals surface area contributed by atoms with Crippen LogP contribution in [0, 0.1) is 0 Å². The summed E-state index contributed by atoms with van der Waals surface area (Å²) in [7, 11) is 0. The second-order valence-electron chi connectivity index (χ2n) is 1.17. The van der Waals surface area contributed by atoms with Crippen LogP contribution in [0.1, 0.15) is 6.92 Å². The number of allylic oxidation sites excluding steroid dienone is 1. The molecule has 0 aliphatic rings. The number of hydrogen-bond donors (Lipinski definition) is 0. The summed E-state index contributed by atoms with van der Waals surface area (Å²) in [5, 5.41) is 1.86. The van der Waals surface area contributed by atoms with E-state index in [-0.39, 0.29) is 4.00 Å². The standard InChI is InChI=1S/C4H5O.CH3.Ag/c1-4(2)3-5;;/h1H2,2H3;1H3;. The molecule has 45 valence electrons. The van der Waals surface area contributed by atoms with E-state index in [0.29, 0.717) is 25.3 Å². The van der Waals surface area contributed by atoms with E-state index in [1.807, 2.05) is 5.14 Å². The molecule has 0 unspecified atom stereocenters. The number of rotatable bonds is 2. The Morgan fingerprint density at radius 2 is 2.14 bits per heavy atom. The first-order valence-electron chi connectivity index (χ1n) is 1.76. The van der Waals surface area contributed by atoms with Crippen LogP contribution in [0.25, 0.3) is 0 Å². The van der Waals surface area contributed by atoms with Crippen LogP contribution in [0.4, 0.5) is 0 Å². The van der Waals surface area contributed by atoms with Gasteiger partial charge < -0.3 is 0 Å². The molecule has 0 spiro atoms. The SMILES string of the molecule is C=C(C)[C](=O)[Ag][CH3]. The van der Waals surface area contributed by atoms with Crippen molar-refractivity contribution >= 4 is 4.00 Å².